The summed E-state index contributed by atoms with van der Waals surface area (Å²) in [5.41, 5.74) is 6.51. The molecule has 0 aromatic carbocycles. The molecule has 0 saturated carbocycles. The number of pyridine rings is 1. The van der Waals surface area contributed by atoms with E-state index in [1.54, 1.807) is 18.3 Å². The van der Waals surface area contributed by atoms with Gasteiger partial charge in [0, 0.05) is 6.20 Å². The predicted octanol–water partition coefficient (Wildman–Crippen LogP) is 1.27. The first-order valence-electron chi connectivity index (χ1n) is 5.13. The highest BCUT2D eigenvalue weighted by atomic mass is 16.1. The fraction of sp³-hybridized carbons (Fsp3) is 0.273. The number of nitrogens with zero attached hydrogens (tertiary/aromatic N) is 2. The molecule has 2 heterocycles. The zero-order valence-electron chi connectivity index (χ0n) is 9.27. The predicted molar refractivity (Wildman–Crippen MR) is 62.7 cm³/mol. The molecule has 0 aliphatic rings. The van der Waals surface area contributed by atoms with Crippen LogP contribution in [-0.2, 0) is 0 Å². The Morgan fingerprint density at radius 3 is 2.69 bits per heavy atom. The number of hydrogen-bond donors (Lipinski definition) is 2. The van der Waals surface area contributed by atoms with Crippen LogP contribution in [0.1, 0.15) is 25.5 Å². The van der Waals surface area contributed by atoms with E-state index < -0.39 is 0 Å². The Hall–Kier alpha value is -2.04. The third kappa shape index (κ3) is 1.60. The molecule has 2 aromatic heterocycles. The van der Waals surface area contributed by atoms with E-state index in [9.17, 15) is 4.79 Å². The van der Waals surface area contributed by atoms with E-state index in [4.69, 9.17) is 5.73 Å². The first kappa shape index (κ1) is 10.5. The Morgan fingerprint density at radius 2 is 2.19 bits per heavy atom. The lowest BCUT2D eigenvalue weighted by molar-refractivity contribution is 0.748. The summed E-state index contributed by atoms with van der Waals surface area (Å²) in [6, 6.07) is 5.37. The SMILES string of the molecule is CC(C)c1[nH]n(-c2ccccn2)c(=O)c1N. The first-order valence-corrected chi connectivity index (χ1v) is 5.13. The lowest BCUT2D eigenvalue weighted by Gasteiger charge is -2.02. The Kier molecular flexibility index (Phi) is 2.52. The molecular weight excluding hydrogens is 204 g/mol. The van der Waals surface area contributed by atoms with Gasteiger partial charge in [-0.2, -0.15) is 4.68 Å². The summed E-state index contributed by atoms with van der Waals surface area (Å²) in [7, 11) is 0. The van der Waals surface area contributed by atoms with Crippen molar-refractivity contribution in [3.8, 4) is 5.82 Å². The Balaban J connectivity index is 2.60. The van der Waals surface area contributed by atoms with Gasteiger partial charge in [0.15, 0.2) is 5.82 Å². The fourth-order valence-corrected chi connectivity index (χ4v) is 1.55. The van der Waals surface area contributed by atoms with Gasteiger partial charge in [0.2, 0.25) is 0 Å². The second-order valence-corrected chi connectivity index (χ2v) is 3.92. The third-order valence-corrected chi connectivity index (χ3v) is 2.41. The number of rotatable bonds is 2. The minimum absolute atomic E-state index is 0.178. The number of anilines is 1. The van der Waals surface area contributed by atoms with Crippen LogP contribution in [0.2, 0.25) is 0 Å². The molecule has 84 valence electrons. The van der Waals surface area contributed by atoms with Gasteiger partial charge < -0.3 is 5.73 Å². The monoisotopic (exact) mass is 218 g/mol. The minimum Gasteiger partial charge on any atom is -0.393 e. The van der Waals surface area contributed by atoms with Gasteiger partial charge in [-0.15, -0.1) is 0 Å². The molecule has 0 saturated heterocycles. The Bertz CT molecular complexity index is 539. The number of nitrogen functional groups attached to an aromatic ring is 1. The molecule has 0 unspecified atom stereocenters. The normalized spacial score (nSPS) is 10.9. The van der Waals surface area contributed by atoms with Crippen LogP contribution in [0.5, 0.6) is 0 Å². The molecule has 0 amide bonds. The van der Waals surface area contributed by atoms with Crippen molar-refractivity contribution in [2.45, 2.75) is 19.8 Å². The third-order valence-electron chi connectivity index (χ3n) is 2.41. The van der Waals surface area contributed by atoms with Crippen LogP contribution in [0.4, 0.5) is 5.69 Å². The van der Waals surface area contributed by atoms with Crippen LogP contribution in [0.3, 0.4) is 0 Å². The number of nitrogens with two attached hydrogens (primary N) is 1. The van der Waals surface area contributed by atoms with Gasteiger partial charge in [0.1, 0.15) is 5.69 Å². The summed E-state index contributed by atoms with van der Waals surface area (Å²) in [4.78, 5) is 16.0. The lowest BCUT2D eigenvalue weighted by atomic mass is 10.1. The molecule has 16 heavy (non-hydrogen) atoms. The standard InChI is InChI=1S/C11H14N4O/c1-7(2)10-9(12)11(16)15(14-10)8-5-3-4-6-13-8/h3-7,14H,12H2,1-2H3. The fourth-order valence-electron chi connectivity index (χ4n) is 1.55. The van der Waals surface area contributed by atoms with Crippen LogP contribution in [0.15, 0.2) is 29.2 Å². The van der Waals surface area contributed by atoms with Gasteiger partial charge in [-0.1, -0.05) is 19.9 Å². The van der Waals surface area contributed by atoms with E-state index in [1.165, 1.54) is 4.68 Å². The first-order chi connectivity index (χ1) is 7.61. The van der Waals surface area contributed by atoms with Crippen molar-refractivity contribution >= 4 is 5.69 Å². The second-order valence-electron chi connectivity index (χ2n) is 3.92. The summed E-state index contributed by atoms with van der Waals surface area (Å²) < 4.78 is 1.37. The molecule has 5 heteroatoms. The molecule has 0 spiro atoms. The highest BCUT2D eigenvalue weighted by molar-refractivity contribution is 5.44. The summed E-state index contributed by atoms with van der Waals surface area (Å²) in [6.45, 7) is 3.95. The molecule has 2 rings (SSSR count). The molecule has 0 aliphatic heterocycles. The van der Waals surface area contributed by atoms with Crippen LogP contribution in [-0.4, -0.2) is 14.8 Å². The lowest BCUT2D eigenvalue weighted by Crippen LogP contribution is -2.17. The van der Waals surface area contributed by atoms with Gasteiger partial charge in [-0.25, -0.2) is 4.98 Å². The van der Waals surface area contributed by atoms with E-state index in [1.807, 2.05) is 19.9 Å². The van der Waals surface area contributed by atoms with Gasteiger partial charge >= 0.3 is 0 Å². The molecule has 0 bridgehead atoms. The van der Waals surface area contributed by atoms with Gasteiger partial charge in [-0.05, 0) is 18.1 Å². The molecule has 0 fully saturated rings. The van der Waals surface area contributed by atoms with Crippen molar-refractivity contribution in [3.05, 3.63) is 40.4 Å². The molecule has 0 radical (unpaired) electrons. The maximum Gasteiger partial charge on any atom is 0.296 e. The molecule has 2 aromatic rings. The molecule has 0 atom stereocenters. The van der Waals surface area contributed by atoms with Crippen LogP contribution >= 0.6 is 0 Å². The van der Waals surface area contributed by atoms with Crippen molar-refractivity contribution < 1.29 is 0 Å². The van der Waals surface area contributed by atoms with Crippen LogP contribution in [0, 0.1) is 0 Å². The Morgan fingerprint density at radius 1 is 1.44 bits per heavy atom. The van der Waals surface area contributed by atoms with Gasteiger partial charge in [0.05, 0.1) is 5.69 Å². The van der Waals surface area contributed by atoms with Crippen LogP contribution in [0.25, 0.3) is 5.82 Å². The maximum absolute atomic E-state index is 11.9. The second kappa shape index (κ2) is 3.84. The Labute approximate surface area is 92.9 Å². The summed E-state index contributed by atoms with van der Waals surface area (Å²) in [5, 5.41) is 2.98. The smallest absolute Gasteiger partial charge is 0.296 e. The number of nitrogens with one attached hydrogen (secondary N) is 1. The topological polar surface area (TPSA) is 76.7 Å². The number of aromatic nitrogens is 3. The van der Waals surface area contributed by atoms with Gasteiger partial charge in [0.25, 0.3) is 5.56 Å². The largest absolute Gasteiger partial charge is 0.393 e. The molecule has 3 N–H and O–H groups in total. The van der Waals surface area contributed by atoms with Crippen molar-refractivity contribution in [1.29, 1.82) is 0 Å². The molecule has 5 nitrogen and oxygen atoms in total. The maximum atomic E-state index is 11.9. The number of H-pyrrole nitrogens is 1. The van der Waals surface area contributed by atoms with E-state index in [0.29, 0.717) is 5.82 Å². The van der Waals surface area contributed by atoms with Crippen molar-refractivity contribution in [1.82, 2.24) is 14.8 Å². The van der Waals surface area contributed by atoms with E-state index >= 15 is 0 Å². The highest BCUT2D eigenvalue weighted by Gasteiger charge is 2.14. The van der Waals surface area contributed by atoms with Gasteiger partial charge in [-0.3, -0.25) is 9.89 Å². The number of hydrogen-bond acceptors (Lipinski definition) is 3. The van der Waals surface area contributed by atoms with E-state index in [-0.39, 0.29) is 17.2 Å². The summed E-state index contributed by atoms with van der Waals surface area (Å²) in [6.07, 6.45) is 1.63. The van der Waals surface area contributed by atoms with E-state index in [0.717, 1.165) is 5.69 Å². The quantitative estimate of drug-likeness (QED) is 0.796. The summed E-state index contributed by atoms with van der Waals surface area (Å²) in [5.74, 6) is 0.726. The van der Waals surface area contributed by atoms with Crippen molar-refractivity contribution in [3.63, 3.8) is 0 Å². The highest BCUT2D eigenvalue weighted by Crippen LogP contribution is 2.16. The van der Waals surface area contributed by atoms with Crippen LogP contribution < -0.4 is 11.3 Å². The zero-order valence-corrected chi connectivity index (χ0v) is 9.27. The summed E-state index contributed by atoms with van der Waals surface area (Å²) >= 11 is 0. The van der Waals surface area contributed by atoms with Crippen molar-refractivity contribution in [2.75, 3.05) is 5.73 Å². The van der Waals surface area contributed by atoms with Crippen molar-refractivity contribution in [2.24, 2.45) is 0 Å². The minimum atomic E-state index is -0.248. The average Bonchev–Trinajstić information content (AvgIpc) is 2.58. The molecule has 0 aliphatic carbocycles. The van der Waals surface area contributed by atoms with E-state index in [2.05, 4.69) is 10.1 Å². The zero-order chi connectivity index (χ0) is 11.7. The average molecular weight is 218 g/mol. The number of aromatic amines is 1. The molecular formula is C11H14N4O.